The number of ether oxygens (including phenoxy) is 1. The molecule has 0 bridgehead atoms. The summed E-state index contributed by atoms with van der Waals surface area (Å²) < 4.78 is 28.6. The molecule has 0 aliphatic rings. The van der Waals surface area contributed by atoms with Gasteiger partial charge in [-0.1, -0.05) is 24.3 Å². The van der Waals surface area contributed by atoms with Crippen LogP contribution in [0.4, 0.5) is 5.69 Å². The van der Waals surface area contributed by atoms with Crippen LogP contribution in [0.1, 0.15) is 10.4 Å². The quantitative estimate of drug-likeness (QED) is 0.816. The first-order valence-corrected chi connectivity index (χ1v) is 8.56. The first-order chi connectivity index (χ1) is 10.9. The summed E-state index contributed by atoms with van der Waals surface area (Å²) in [6, 6.07) is 12.5. The van der Waals surface area contributed by atoms with Gasteiger partial charge in [-0.3, -0.25) is 9.59 Å². The molecule has 0 aliphatic heterocycles. The van der Waals surface area contributed by atoms with Crippen LogP contribution >= 0.6 is 0 Å². The predicted octanol–water partition coefficient (Wildman–Crippen LogP) is 1.92. The van der Waals surface area contributed by atoms with Crippen LogP contribution in [0.15, 0.2) is 53.4 Å². The van der Waals surface area contributed by atoms with Crippen molar-refractivity contribution in [3.05, 3.63) is 54.1 Å². The van der Waals surface area contributed by atoms with E-state index in [4.69, 9.17) is 4.74 Å². The highest BCUT2D eigenvalue weighted by Crippen LogP contribution is 2.20. The minimum absolute atomic E-state index is 0.0382. The zero-order valence-electron chi connectivity index (χ0n) is 12.4. The Labute approximate surface area is 134 Å². The third-order valence-corrected chi connectivity index (χ3v) is 4.08. The van der Waals surface area contributed by atoms with Crippen molar-refractivity contribution in [2.24, 2.45) is 0 Å². The van der Waals surface area contributed by atoms with Gasteiger partial charge in [0.1, 0.15) is 12.0 Å². The van der Waals surface area contributed by atoms with Gasteiger partial charge in [-0.15, -0.1) is 0 Å². The van der Waals surface area contributed by atoms with E-state index < -0.39 is 15.7 Å². The Hall–Kier alpha value is -2.67. The van der Waals surface area contributed by atoms with E-state index in [2.05, 4.69) is 5.32 Å². The van der Waals surface area contributed by atoms with Gasteiger partial charge in [0.2, 0.25) is 0 Å². The molecule has 2 rings (SSSR count). The molecule has 0 radical (unpaired) electrons. The maximum Gasteiger partial charge on any atom is 0.262 e. The molecule has 2 aromatic rings. The van der Waals surface area contributed by atoms with Crippen LogP contribution in [-0.2, 0) is 14.6 Å². The van der Waals surface area contributed by atoms with Gasteiger partial charge >= 0.3 is 0 Å². The lowest BCUT2D eigenvalue weighted by molar-refractivity contribution is -0.118. The number of nitrogens with one attached hydrogen (secondary N) is 1. The molecule has 0 heterocycles. The minimum atomic E-state index is -3.45. The normalized spacial score (nSPS) is 10.8. The Morgan fingerprint density at radius 1 is 1.17 bits per heavy atom. The van der Waals surface area contributed by atoms with Crippen LogP contribution in [0.2, 0.25) is 0 Å². The van der Waals surface area contributed by atoms with Crippen molar-refractivity contribution >= 4 is 27.7 Å². The number of benzene rings is 2. The van der Waals surface area contributed by atoms with Crippen molar-refractivity contribution < 1.29 is 22.7 Å². The van der Waals surface area contributed by atoms with E-state index in [1.54, 1.807) is 30.3 Å². The number of rotatable bonds is 6. The molecule has 23 heavy (non-hydrogen) atoms. The Bertz CT molecular complexity index is 830. The van der Waals surface area contributed by atoms with Crippen molar-refractivity contribution in [2.75, 3.05) is 18.2 Å². The van der Waals surface area contributed by atoms with E-state index in [9.17, 15) is 18.0 Å². The summed E-state index contributed by atoms with van der Waals surface area (Å²) in [4.78, 5) is 22.6. The van der Waals surface area contributed by atoms with Gasteiger partial charge < -0.3 is 10.1 Å². The van der Waals surface area contributed by atoms with Gasteiger partial charge in [0.25, 0.3) is 5.91 Å². The molecule has 0 spiro atoms. The molecule has 0 fully saturated rings. The molecule has 0 aromatic heterocycles. The number of aldehydes is 1. The average molecular weight is 333 g/mol. The molecule has 120 valence electrons. The molecule has 7 heteroatoms. The minimum Gasteiger partial charge on any atom is -0.484 e. The number of amides is 1. The zero-order valence-corrected chi connectivity index (χ0v) is 13.2. The summed E-state index contributed by atoms with van der Waals surface area (Å²) in [7, 11) is -3.45. The third-order valence-electron chi connectivity index (χ3n) is 2.92. The second kappa shape index (κ2) is 7.06. The van der Waals surface area contributed by atoms with Gasteiger partial charge in [0.15, 0.2) is 16.4 Å². The van der Waals surface area contributed by atoms with Crippen LogP contribution in [0, 0.1) is 0 Å². The molecule has 0 saturated heterocycles. The van der Waals surface area contributed by atoms with Crippen LogP contribution in [-0.4, -0.2) is 33.5 Å². The number of carbonyl (C=O) groups is 2. The molecular weight excluding hydrogens is 318 g/mol. The maximum absolute atomic E-state index is 11.9. The predicted molar refractivity (Wildman–Crippen MR) is 85.5 cm³/mol. The smallest absolute Gasteiger partial charge is 0.262 e. The summed E-state index contributed by atoms with van der Waals surface area (Å²) in [5, 5.41) is 2.50. The number of hydrogen-bond donors (Lipinski definition) is 1. The van der Waals surface area contributed by atoms with Gasteiger partial charge in [-0.2, -0.15) is 0 Å². The maximum atomic E-state index is 11.9. The fourth-order valence-electron chi connectivity index (χ4n) is 1.91. The number of anilines is 1. The highest BCUT2D eigenvalue weighted by molar-refractivity contribution is 7.90. The first kappa shape index (κ1) is 16.7. The van der Waals surface area contributed by atoms with E-state index in [0.29, 0.717) is 17.6 Å². The molecule has 0 atom stereocenters. The fraction of sp³-hybridized carbons (Fsp3) is 0.125. The number of hydrogen-bond acceptors (Lipinski definition) is 5. The molecule has 1 N–H and O–H groups in total. The molecule has 0 unspecified atom stereocenters. The van der Waals surface area contributed by atoms with Crippen LogP contribution in [0.25, 0.3) is 0 Å². The Morgan fingerprint density at radius 2 is 1.91 bits per heavy atom. The Balaban J connectivity index is 2.04. The summed E-state index contributed by atoms with van der Waals surface area (Å²) in [5.41, 5.74) is 0.635. The SMILES string of the molecule is CS(=O)(=O)c1ccccc1NC(=O)COc1cccc(C=O)c1. The number of carbonyl (C=O) groups excluding carboxylic acids is 2. The largest absolute Gasteiger partial charge is 0.484 e. The van der Waals surface area contributed by atoms with E-state index >= 15 is 0 Å². The van der Waals surface area contributed by atoms with Crippen molar-refractivity contribution in [1.29, 1.82) is 0 Å². The molecular formula is C16H15NO5S. The summed E-state index contributed by atoms with van der Waals surface area (Å²) in [5.74, 6) is -0.126. The monoisotopic (exact) mass is 333 g/mol. The van der Waals surface area contributed by atoms with Crippen molar-refractivity contribution in [1.82, 2.24) is 0 Å². The molecule has 6 nitrogen and oxygen atoms in total. The van der Waals surface area contributed by atoms with Crippen molar-refractivity contribution in [2.45, 2.75) is 4.90 Å². The van der Waals surface area contributed by atoms with Crippen molar-refractivity contribution in [3.8, 4) is 5.75 Å². The van der Waals surface area contributed by atoms with Crippen molar-refractivity contribution in [3.63, 3.8) is 0 Å². The highest BCUT2D eigenvalue weighted by Gasteiger charge is 2.14. The second-order valence-corrected chi connectivity index (χ2v) is 6.78. The van der Waals surface area contributed by atoms with E-state index in [-0.39, 0.29) is 17.2 Å². The van der Waals surface area contributed by atoms with Gasteiger partial charge in [0.05, 0.1) is 10.6 Å². The molecule has 0 aliphatic carbocycles. The zero-order chi connectivity index (χ0) is 16.9. The topological polar surface area (TPSA) is 89.5 Å². The average Bonchev–Trinajstić information content (AvgIpc) is 2.52. The molecule has 0 saturated carbocycles. The number of para-hydroxylation sites is 1. The standard InChI is InChI=1S/C16H15NO5S/c1-23(20,21)15-8-3-2-7-14(15)17-16(19)11-22-13-6-4-5-12(9-13)10-18/h2-10H,11H2,1H3,(H,17,19). The Morgan fingerprint density at radius 3 is 2.61 bits per heavy atom. The van der Waals surface area contributed by atoms with E-state index in [1.807, 2.05) is 0 Å². The highest BCUT2D eigenvalue weighted by atomic mass is 32.2. The fourth-order valence-corrected chi connectivity index (χ4v) is 2.75. The van der Waals surface area contributed by atoms with Gasteiger partial charge in [-0.25, -0.2) is 8.42 Å². The third kappa shape index (κ3) is 4.65. The molecule has 2 aromatic carbocycles. The van der Waals surface area contributed by atoms with Gasteiger partial charge in [-0.05, 0) is 24.3 Å². The van der Waals surface area contributed by atoms with Gasteiger partial charge in [0, 0.05) is 11.8 Å². The lowest BCUT2D eigenvalue weighted by Crippen LogP contribution is -2.21. The summed E-state index contributed by atoms with van der Waals surface area (Å²) >= 11 is 0. The van der Waals surface area contributed by atoms with Crippen LogP contribution in [0.5, 0.6) is 5.75 Å². The summed E-state index contributed by atoms with van der Waals surface area (Å²) in [6.45, 7) is -0.305. The van der Waals surface area contributed by atoms with E-state index in [1.165, 1.54) is 18.2 Å². The number of sulfone groups is 1. The van der Waals surface area contributed by atoms with Crippen LogP contribution < -0.4 is 10.1 Å². The Kier molecular flexibility index (Phi) is 5.13. The first-order valence-electron chi connectivity index (χ1n) is 6.67. The summed E-state index contributed by atoms with van der Waals surface area (Å²) in [6.07, 6.45) is 1.74. The lowest BCUT2D eigenvalue weighted by atomic mass is 10.2. The molecule has 1 amide bonds. The second-order valence-electron chi connectivity index (χ2n) is 4.80. The lowest BCUT2D eigenvalue weighted by Gasteiger charge is -2.10. The van der Waals surface area contributed by atoms with Crippen LogP contribution in [0.3, 0.4) is 0 Å². The van der Waals surface area contributed by atoms with E-state index in [0.717, 1.165) is 6.26 Å².